The van der Waals surface area contributed by atoms with Crippen LogP contribution in [0.15, 0.2) is 30.9 Å². The minimum atomic E-state index is -0.0157. The van der Waals surface area contributed by atoms with Crippen molar-refractivity contribution in [3.63, 3.8) is 0 Å². The number of likely N-dealkylation sites (tertiary alicyclic amines) is 1. The van der Waals surface area contributed by atoms with Crippen molar-refractivity contribution in [2.24, 2.45) is 13.0 Å². The summed E-state index contributed by atoms with van der Waals surface area (Å²) >= 11 is 0. The Morgan fingerprint density at radius 3 is 2.63 bits per heavy atom. The van der Waals surface area contributed by atoms with Crippen molar-refractivity contribution in [3.05, 3.63) is 30.9 Å². The Morgan fingerprint density at radius 2 is 1.93 bits per heavy atom. The number of pyridine rings is 2. The fourth-order valence-electron chi connectivity index (χ4n) is 3.43. The Bertz CT molecular complexity index is 993. The number of anilines is 1. The predicted molar refractivity (Wildman–Crippen MR) is 106 cm³/mol. The van der Waals surface area contributed by atoms with Crippen molar-refractivity contribution in [3.8, 4) is 11.1 Å². The molecule has 1 amide bonds. The monoisotopic (exact) mass is 360 g/mol. The summed E-state index contributed by atoms with van der Waals surface area (Å²) in [6, 6.07) is 1.96. The van der Waals surface area contributed by atoms with Gasteiger partial charge in [-0.3, -0.25) is 14.5 Å². The van der Waals surface area contributed by atoms with Crippen LogP contribution in [-0.2, 0) is 11.8 Å². The molecule has 1 fully saturated rings. The van der Waals surface area contributed by atoms with E-state index in [9.17, 15) is 4.79 Å². The molecule has 4 rings (SSSR count). The molecule has 0 bridgehead atoms. The van der Waals surface area contributed by atoms with Gasteiger partial charge in [0.25, 0.3) is 0 Å². The summed E-state index contributed by atoms with van der Waals surface area (Å²) in [4.78, 5) is 23.6. The lowest BCUT2D eigenvalue weighted by Gasteiger charge is -2.28. The number of amides is 1. The standard InChI is InChI=1S/C19H21BN6O/c1-25-5-3-12(4-6-25)19(27)24-18-17(20)15-7-13(8-21-16(15)10-22-18)14-9-23-26(2)11-14/h7-12H,3-6H2,1-2H3,(H,22,24,27). The van der Waals surface area contributed by atoms with Gasteiger partial charge in [0.05, 0.1) is 17.9 Å². The van der Waals surface area contributed by atoms with Crippen LogP contribution in [0.25, 0.3) is 22.0 Å². The van der Waals surface area contributed by atoms with Crippen molar-refractivity contribution < 1.29 is 4.79 Å². The number of aryl methyl sites for hydroxylation is 1. The highest BCUT2D eigenvalue weighted by molar-refractivity contribution is 6.42. The second-order valence-corrected chi connectivity index (χ2v) is 7.15. The number of nitrogens with zero attached hydrogens (tertiary/aromatic N) is 5. The summed E-state index contributed by atoms with van der Waals surface area (Å²) in [5.74, 6) is 0.382. The van der Waals surface area contributed by atoms with E-state index in [1.54, 1.807) is 23.3 Å². The van der Waals surface area contributed by atoms with Crippen LogP contribution < -0.4 is 10.8 Å². The number of fused-ring (bicyclic) bond motifs is 1. The van der Waals surface area contributed by atoms with E-state index in [4.69, 9.17) is 7.85 Å². The fourth-order valence-corrected chi connectivity index (χ4v) is 3.43. The molecule has 0 unspecified atom stereocenters. The minimum absolute atomic E-state index is 0.00190. The summed E-state index contributed by atoms with van der Waals surface area (Å²) in [5, 5.41) is 7.88. The summed E-state index contributed by atoms with van der Waals surface area (Å²) in [6.45, 7) is 1.86. The largest absolute Gasteiger partial charge is 0.311 e. The zero-order valence-electron chi connectivity index (χ0n) is 15.5. The molecule has 0 atom stereocenters. The molecule has 3 aromatic heterocycles. The summed E-state index contributed by atoms with van der Waals surface area (Å²) in [5.41, 5.74) is 3.01. The van der Waals surface area contributed by atoms with Crippen LogP contribution in [0.3, 0.4) is 0 Å². The maximum absolute atomic E-state index is 12.6. The van der Waals surface area contributed by atoms with E-state index in [-0.39, 0.29) is 11.8 Å². The fraction of sp³-hybridized carbons (Fsp3) is 0.368. The van der Waals surface area contributed by atoms with Crippen LogP contribution in [-0.4, -0.2) is 58.5 Å². The van der Waals surface area contributed by atoms with Crippen molar-refractivity contribution >= 4 is 35.9 Å². The molecule has 8 heteroatoms. The molecule has 136 valence electrons. The SMILES string of the molecule is [B]c1c(NC(=O)C2CCN(C)CC2)ncc2ncc(-c3cnn(C)c3)cc12. The molecule has 0 spiro atoms. The number of hydrogen-bond acceptors (Lipinski definition) is 5. The van der Waals surface area contributed by atoms with Crippen LogP contribution in [0, 0.1) is 5.92 Å². The average Bonchev–Trinajstić information content (AvgIpc) is 3.11. The van der Waals surface area contributed by atoms with E-state index in [0.29, 0.717) is 16.8 Å². The van der Waals surface area contributed by atoms with Crippen LogP contribution in [0.1, 0.15) is 12.8 Å². The van der Waals surface area contributed by atoms with E-state index >= 15 is 0 Å². The maximum atomic E-state index is 12.6. The summed E-state index contributed by atoms with van der Waals surface area (Å²) < 4.78 is 1.74. The van der Waals surface area contributed by atoms with Crippen molar-refractivity contribution in [2.45, 2.75) is 12.8 Å². The van der Waals surface area contributed by atoms with Crippen LogP contribution in [0.2, 0.25) is 0 Å². The molecule has 0 aromatic carbocycles. The zero-order valence-corrected chi connectivity index (χ0v) is 15.5. The summed E-state index contributed by atoms with van der Waals surface area (Å²) in [6.07, 6.45) is 8.82. The van der Waals surface area contributed by atoms with Crippen LogP contribution in [0.4, 0.5) is 5.82 Å². The number of carbonyl (C=O) groups excluding carboxylic acids is 1. The van der Waals surface area contributed by atoms with E-state index < -0.39 is 0 Å². The Hall–Kier alpha value is -2.74. The van der Waals surface area contributed by atoms with Gasteiger partial charge in [-0.25, -0.2) is 4.98 Å². The van der Waals surface area contributed by atoms with Crippen molar-refractivity contribution in [2.75, 3.05) is 25.5 Å². The first-order valence-corrected chi connectivity index (χ1v) is 9.04. The highest BCUT2D eigenvalue weighted by Gasteiger charge is 2.24. The first-order chi connectivity index (χ1) is 13.0. The number of hydrogen-bond donors (Lipinski definition) is 1. The first-order valence-electron chi connectivity index (χ1n) is 9.04. The third kappa shape index (κ3) is 3.57. The van der Waals surface area contributed by atoms with Gasteiger partial charge >= 0.3 is 0 Å². The van der Waals surface area contributed by atoms with Gasteiger partial charge in [0.15, 0.2) is 0 Å². The molecule has 1 saturated heterocycles. The minimum Gasteiger partial charge on any atom is -0.311 e. The quantitative estimate of drug-likeness (QED) is 0.708. The third-order valence-corrected chi connectivity index (χ3v) is 5.15. The molecular formula is C19H21BN6O. The lowest BCUT2D eigenvalue weighted by molar-refractivity contribution is -0.121. The average molecular weight is 360 g/mol. The molecule has 1 aliphatic rings. The van der Waals surface area contributed by atoms with Gasteiger partial charge < -0.3 is 10.2 Å². The number of nitrogens with one attached hydrogen (secondary N) is 1. The van der Waals surface area contributed by atoms with Gasteiger partial charge in [-0.2, -0.15) is 5.10 Å². The molecule has 0 saturated carbocycles. The number of piperidine rings is 1. The van der Waals surface area contributed by atoms with Gasteiger partial charge in [-0.15, -0.1) is 0 Å². The molecule has 0 aliphatic carbocycles. The van der Waals surface area contributed by atoms with Gasteiger partial charge in [-0.1, -0.05) is 0 Å². The predicted octanol–water partition coefficient (Wildman–Crippen LogP) is 1.10. The van der Waals surface area contributed by atoms with Crippen molar-refractivity contribution in [1.82, 2.24) is 24.6 Å². The normalized spacial score (nSPS) is 15.9. The zero-order chi connectivity index (χ0) is 19.0. The van der Waals surface area contributed by atoms with Gasteiger partial charge in [0.1, 0.15) is 13.7 Å². The number of carbonyl (C=O) groups is 1. The molecule has 1 N–H and O–H groups in total. The molecular weight excluding hydrogens is 339 g/mol. The van der Waals surface area contributed by atoms with Gasteiger partial charge in [-0.05, 0) is 49.9 Å². The van der Waals surface area contributed by atoms with E-state index in [2.05, 4.69) is 32.3 Å². The molecule has 1 aliphatic heterocycles. The number of aromatic nitrogens is 4. The second kappa shape index (κ2) is 7.11. The third-order valence-electron chi connectivity index (χ3n) is 5.15. The Balaban J connectivity index is 1.61. The van der Waals surface area contributed by atoms with Crippen molar-refractivity contribution in [1.29, 1.82) is 0 Å². The molecule has 2 radical (unpaired) electrons. The molecule has 4 heterocycles. The Kier molecular flexibility index (Phi) is 4.65. The van der Waals surface area contributed by atoms with E-state index in [0.717, 1.165) is 42.4 Å². The van der Waals surface area contributed by atoms with E-state index in [1.165, 1.54) is 0 Å². The van der Waals surface area contributed by atoms with Crippen LogP contribution >= 0.6 is 0 Å². The lowest BCUT2D eigenvalue weighted by atomic mass is 9.90. The smallest absolute Gasteiger partial charge is 0.228 e. The molecule has 3 aromatic rings. The van der Waals surface area contributed by atoms with Gasteiger partial charge in [0, 0.05) is 36.5 Å². The maximum Gasteiger partial charge on any atom is 0.228 e. The van der Waals surface area contributed by atoms with E-state index in [1.807, 2.05) is 19.3 Å². The number of rotatable bonds is 3. The Morgan fingerprint density at radius 1 is 1.15 bits per heavy atom. The molecule has 27 heavy (non-hydrogen) atoms. The Labute approximate surface area is 159 Å². The topological polar surface area (TPSA) is 75.9 Å². The first kappa shape index (κ1) is 17.7. The second-order valence-electron chi connectivity index (χ2n) is 7.15. The summed E-state index contributed by atoms with van der Waals surface area (Å²) in [7, 11) is 10.3. The lowest BCUT2D eigenvalue weighted by Crippen LogP contribution is -2.36. The molecule has 7 nitrogen and oxygen atoms in total. The highest BCUT2D eigenvalue weighted by atomic mass is 16.1. The van der Waals surface area contributed by atoms with Gasteiger partial charge in [0.2, 0.25) is 5.91 Å². The van der Waals surface area contributed by atoms with Crippen LogP contribution in [0.5, 0.6) is 0 Å². The highest BCUT2D eigenvalue weighted by Crippen LogP contribution is 2.23.